The second-order valence-electron chi connectivity index (χ2n) is 5.16. The van der Waals surface area contributed by atoms with Gasteiger partial charge in [-0.1, -0.05) is 0 Å². The minimum atomic E-state index is -1.52. The van der Waals surface area contributed by atoms with Gasteiger partial charge in [0.15, 0.2) is 0 Å². The average molecular weight is 640 g/mol. The number of oxazole rings is 2. The third-order valence-corrected chi connectivity index (χ3v) is 6.12. The van der Waals surface area contributed by atoms with Crippen molar-refractivity contribution < 1.29 is 35.4 Å². The third-order valence-electron chi connectivity index (χ3n) is 3.58. The molecule has 4 aromatic rings. The number of hydrogen-bond donors (Lipinski definition) is 0. The first kappa shape index (κ1) is 20.6. The standard InChI is InChI=1S/2C8H6NO2.2HI.Mg.Zn/c2*1-10-6-2-3-8-7(4-6)9-5-11-8;;;;/h2*2-4H,1H3;2*1H;;/q;;;;+2;/p-2. The van der Waals surface area contributed by atoms with Gasteiger partial charge in [0.2, 0.25) is 0 Å². The topological polar surface area (TPSA) is 70.5 Å². The molecule has 2 aromatic carbocycles. The molecule has 0 unspecified atom stereocenters. The van der Waals surface area contributed by atoms with Crippen LogP contribution in [0.5, 0.6) is 11.5 Å². The monoisotopic (exact) mass is 638 g/mol. The van der Waals surface area contributed by atoms with Gasteiger partial charge in [-0.25, -0.2) is 0 Å². The Morgan fingerprint density at radius 3 is 1.65 bits per heavy atom. The molecule has 128 valence electrons. The maximum atomic E-state index is 5.80. The van der Waals surface area contributed by atoms with Crippen molar-refractivity contribution in [2.75, 3.05) is 14.2 Å². The van der Waals surface area contributed by atoms with Crippen LogP contribution in [-0.2, 0) is 17.1 Å². The number of benzene rings is 2. The number of ether oxygens (including phenoxy) is 2. The van der Waals surface area contributed by atoms with Gasteiger partial charge in [0.05, 0.1) is 0 Å². The first-order valence-electron chi connectivity index (χ1n) is 7.65. The molecule has 0 aliphatic carbocycles. The van der Waals surface area contributed by atoms with E-state index in [9.17, 15) is 0 Å². The van der Waals surface area contributed by atoms with E-state index in [-0.39, 0.29) is 0 Å². The van der Waals surface area contributed by atoms with Crippen molar-refractivity contribution in [1.29, 1.82) is 0 Å². The van der Waals surface area contributed by atoms with Crippen LogP contribution in [0.1, 0.15) is 0 Å². The Morgan fingerprint density at radius 2 is 1.27 bits per heavy atom. The molecule has 2 heterocycles. The van der Waals surface area contributed by atoms with Gasteiger partial charge >= 0.3 is 151 Å². The summed E-state index contributed by atoms with van der Waals surface area (Å²) >= 11 is 3.66. The van der Waals surface area contributed by atoms with Gasteiger partial charge in [0.1, 0.15) is 0 Å². The van der Waals surface area contributed by atoms with Gasteiger partial charge in [-0.05, 0) is 0 Å². The van der Waals surface area contributed by atoms with Gasteiger partial charge in [-0.3, -0.25) is 37.7 Å². The summed E-state index contributed by atoms with van der Waals surface area (Å²) in [5.41, 5.74) is 3.10. The molecule has 2 aromatic heterocycles. The van der Waals surface area contributed by atoms with E-state index in [1.54, 1.807) is 14.2 Å². The summed E-state index contributed by atoms with van der Waals surface area (Å²) in [6.45, 7) is 0. The van der Waals surface area contributed by atoms with Crippen LogP contribution in [0.25, 0.3) is 22.2 Å². The largest absolute Gasteiger partial charge is 0.552 e. The van der Waals surface area contributed by atoms with Crippen LogP contribution < -0.4 is 18.4 Å². The second kappa shape index (κ2) is 9.85. The number of nitrogens with zero attached hydrogens (tertiary/aromatic N) is 2. The first-order valence-corrected chi connectivity index (χ1v) is 20.8. The van der Waals surface area contributed by atoms with E-state index in [1.165, 1.54) is 0 Å². The molecule has 4 rings (SSSR count). The summed E-state index contributed by atoms with van der Waals surface area (Å²) in [6, 6.07) is 11.2. The zero-order chi connectivity index (χ0) is 18.5. The Balaban J connectivity index is 0.000000613. The van der Waals surface area contributed by atoms with Crippen LogP contribution in [0, 0.1) is 0 Å². The molecule has 0 spiro atoms. The van der Waals surface area contributed by atoms with E-state index in [2.05, 4.69) is 47.7 Å². The van der Waals surface area contributed by atoms with Gasteiger partial charge in [0.25, 0.3) is 0 Å². The fraction of sp³-hybridized carbons (Fsp3) is 0.125. The second-order valence-corrected chi connectivity index (χ2v) is 22.0. The summed E-state index contributed by atoms with van der Waals surface area (Å²) in [6.07, 6.45) is 0. The smallest absolute Gasteiger partial charge is 0.276 e. The Bertz CT molecular complexity index is 944. The minimum absolute atomic E-state index is 0.357. The maximum absolute atomic E-state index is 5.80. The quantitative estimate of drug-likeness (QED) is 0.252. The number of rotatable bonds is 4. The number of fused-ring (bicyclic) bond motifs is 2. The number of aromatic nitrogens is 2. The SMILES string of the molecule is COc1ccc2o[c]([Zn][c]3nc4cc(OC)ccc4o3)nc2c1.[I][Mg][I]. The Hall–Kier alpha value is -0.170. The predicted molar refractivity (Wildman–Crippen MR) is 114 cm³/mol. The third kappa shape index (κ3) is 5.00. The Morgan fingerprint density at radius 1 is 0.846 bits per heavy atom. The van der Waals surface area contributed by atoms with Crippen LogP contribution in [0.15, 0.2) is 45.2 Å². The van der Waals surface area contributed by atoms with E-state index in [1.807, 2.05) is 36.4 Å². The molecular formula is C16H12I2MgN2O4Zn. The van der Waals surface area contributed by atoms with E-state index in [4.69, 9.17) is 18.3 Å². The van der Waals surface area contributed by atoms with Crippen molar-refractivity contribution in [3.8, 4) is 11.5 Å². The summed E-state index contributed by atoms with van der Waals surface area (Å²) in [4.78, 5) is 9.06. The molecule has 0 amide bonds. The zero-order valence-corrected chi connectivity index (χ0v) is 22.9. The van der Waals surface area contributed by atoms with Crippen molar-refractivity contribution in [3.05, 3.63) is 36.4 Å². The van der Waals surface area contributed by atoms with Crippen LogP contribution in [-0.4, -0.2) is 36.8 Å². The zero-order valence-electron chi connectivity index (χ0n) is 14.2. The molecule has 0 bridgehead atoms. The summed E-state index contributed by atoms with van der Waals surface area (Å²) < 4.78 is 23.5. The molecule has 0 fully saturated rings. The molecule has 0 aliphatic rings. The summed E-state index contributed by atoms with van der Waals surface area (Å²) in [5.74, 6) is 1.53. The fourth-order valence-electron chi connectivity index (χ4n) is 2.44. The molecular weight excluding hydrogens is 628 g/mol. The molecule has 0 atom stereocenters. The average Bonchev–Trinajstić information content (AvgIpc) is 3.23. The van der Waals surface area contributed by atoms with Gasteiger partial charge < -0.3 is 0 Å². The molecule has 10 heteroatoms. The van der Waals surface area contributed by atoms with Crippen LogP contribution in [0.3, 0.4) is 0 Å². The summed E-state index contributed by atoms with van der Waals surface area (Å²) in [7, 11) is 3.26. The van der Waals surface area contributed by atoms with Crippen LogP contribution in [0.2, 0.25) is 0 Å². The fourth-order valence-corrected chi connectivity index (χ4v) is 4.99. The molecule has 0 saturated carbocycles. The van der Waals surface area contributed by atoms with Crippen molar-refractivity contribution in [2.45, 2.75) is 0 Å². The van der Waals surface area contributed by atoms with Gasteiger partial charge in [-0.2, -0.15) is 0 Å². The van der Waals surface area contributed by atoms with Crippen molar-refractivity contribution in [2.24, 2.45) is 0 Å². The van der Waals surface area contributed by atoms with E-state index in [0.29, 0.717) is 12.6 Å². The predicted octanol–water partition coefficient (Wildman–Crippen LogP) is 3.41. The van der Waals surface area contributed by atoms with Crippen LogP contribution in [0.4, 0.5) is 0 Å². The van der Waals surface area contributed by atoms with Crippen molar-refractivity contribution in [1.82, 2.24) is 9.97 Å². The van der Waals surface area contributed by atoms with E-state index >= 15 is 0 Å². The van der Waals surface area contributed by atoms with Gasteiger partial charge in [0, 0.05) is 0 Å². The van der Waals surface area contributed by atoms with E-state index in [0.717, 1.165) is 42.7 Å². The minimum Gasteiger partial charge on any atom is -0.276 e. The molecule has 0 radical (unpaired) electrons. The summed E-state index contributed by atoms with van der Waals surface area (Å²) in [5, 5.41) is 0. The first-order chi connectivity index (χ1) is 12.7. The van der Waals surface area contributed by atoms with Crippen molar-refractivity contribution in [3.63, 3.8) is 0 Å². The molecule has 0 saturated heterocycles. The number of halogens is 2. The Labute approximate surface area is 186 Å². The maximum Gasteiger partial charge on any atom is 0.552 e. The molecule has 0 N–H and O–H groups in total. The van der Waals surface area contributed by atoms with E-state index < -0.39 is 17.1 Å². The molecule has 26 heavy (non-hydrogen) atoms. The number of methoxy groups -OCH3 is 2. The van der Waals surface area contributed by atoms with Crippen molar-refractivity contribution >= 4 is 81.5 Å². The van der Waals surface area contributed by atoms with Crippen LogP contribution >= 0.6 is 37.7 Å². The normalized spacial score (nSPS) is 10.0. The Kier molecular flexibility index (Phi) is 7.79. The number of hydrogen-bond acceptors (Lipinski definition) is 6. The van der Waals surface area contributed by atoms with Gasteiger partial charge in [-0.15, -0.1) is 0 Å². The molecule has 6 nitrogen and oxygen atoms in total. The molecule has 0 aliphatic heterocycles.